The largest absolute Gasteiger partial charge is 0.494 e. The fourth-order valence-electron chi connectivity index (χ4n) is 2.26. The van der Waals surface area contributed by atoms with Crippen LogP contribution in [0, 0.1) is 17.7 Å². The van der Waals surface area contributed by atoms with E-state index in [0.717, 1.165) is 18.7 Å². The Hall–Kier alpha value is -1.33. The third kappa shape index (κ3) is 4.08. The lowest BCUT2D eigenvalue weighted by atomic mass is 9.88. The van der Waals surface area contributed by atoms with Crippen molar-refractivity contribution in [3.05, 3.63) is 29.6 Å². The molecule has 21 heavy (non-hydrogen) atoms. The van der Waals surface area contributed by atoms with Crippen LogP contribution in [0.25, 0.3) is 0 Å². The van der Waals surface area contributed by atoms with E-state index in [1.807, 2.05) is 13.8 Å². The van der Waals surface area contributed by atoms with E-state index < -0.39 is 5.82 Å². The number of ether oxygens (including phenoxy) is 1. The van der Waals surface area contributed by atoms with Crippen LogP contribution in [0.15, 0.2) is 18.2 Å². The number of rotatable bonds is 5. The van der Waals surface area contributed by atoms with Crippen LogP contribution in [0.2, 0.25) is 0 Å². The first-order valence-corrected chi connectivity index (χ1v) is 6.87. The van der Waals surface area contributed by atoms with Crippen molar-refractivity contribution in [2.45, 2.75) is 19.9 Å². The van der Waals surface area contributed by atoms with E-state index in [1.165, 1.54) is 13.2 Å². The van der Waals surface area contributed by atoms with Crippen molar-refractivity contribution in [3.63, 3.8) is 0 Å². The van der Waals surface area contributed by atoms with Crippen molar-refractivity contribution in [2.24, 2.45) is 11.8 Å². The third-order valence-electron chi connectivity index (χ3n) is 3.97. The summed E-state index contributed by atoms with van der Waals surface area (Å²) in [7, 11) is 1.43. The van der Waals surface area contributed by atoms with E-state index >= 15 is 0 Å². The molecule has 1 heterocycles. The summed E-state index contributed by atoms with van der Waals surface area (Å²) in [6.07, 6.45) is 0. The minimum Gasteiger partial charge on any atom is -0.494 e. The molecule has 0 aromatic heterocycles. The van der Waals surface area contributed by atoms with Gasteiger partial charge in [0.05, 0.1) is 13.2 Å². The van der Waals surface area contributed by atoms with Gasteiger partial charge in [0.15, 0.2) is 11.6 Å². The molecule has 6 heteroatoms. The van der Waals surface area contributed by atoms with Crippen molar-refractivity contribution in [1.82, 2.24) is 10.6 Å². The average molecular weight is 317 g/mol. The maximum absolute atomic E-state index is 13.7. The number of nitrogens with one attached hydrogen (secondary N) is 2. The number of carbonyl (C=O) groups is 1. The van der Waals surface area contributed by atoms with Gasteiger partial charge in [0, 0.05) is 5.92 Å². The number of benzene rings is 1. The predicted molar refractivity (Wildman–Crippen MR) is 82.3 cm³/mol. The van der Waals surface area contributed by atoms with Crippen LogP contribution in [0.1, 0.15) is 25.5 Å². The Labute approximate surface area is 130 Å². The highest BCUT2D eigenvalue weighted by Crippen LogP contribution is 2.23. The van der Waals surface area contributed by atoms with Crippen molar-refractivity contribution < 1.29 is 13.9 Å². The Morgan fingerprint density at radius 3 is 2.57 bits per heavy atom. The molecule has 0 radical (unpaired) electrons. The van der Waals surface area contributed by atoms with Crippen LogP contribution in [0.4, 0.5) is 4.39 Å². The summed E-state index contributed by atoms with van der Waals surface area (Å²) in [4.78, 5) is 12.1. The van der Waals surface area contributed by atoms with Gasteiger partial charge in [-0.1, -0.05) is 13.0 Å². The summed E-state index contributed by atoms with van der Waals surface area (Å²) in [5, 5.41) is 6.09. The Kier molecular flexibility index (Phi) is 6.42. The highest BCUT2D eigenvalue weighted by Gasteiger charge is 2.29. The van der Waals surface area contributed by atoms with Crippen LogP contribution in [0.3, 0.4) is 0 Å². The van der Waals surface area contributed by atoms with Crippen molar-refractivity contribution in [2.75, 3.05) is 20.2 Å². The molecule has 1 aliphatic heterocycles. The third-order valence-corrected chi connectivity index (χ3v) is 3.97. The molecule has 1 amide bonds. The molecular weight excluding hydrogens is 295 g/mol. The second-order valence-corrected chi connectivity index (χ2v) is 5.33. The molecule has 2 unspecified atom stereocenters. The van der Waals surface area contributed by atoms with Gasteiger partial charge in [0.25, 0.3) is 0 Å². The van der Waals surface area contributed by atoms with E-state index in [2.05, 4.69) is 10.6 Å². The Balaban J connectivity index is 0.00000220. The van der Waals surface area contributed by atoms with Gasteiger partial charge in [0.1, 0.15) is 0 Å². The van der Waals surface area contributed by atoms with Crippen molar-refractivity contribution in [1.29, 1.82) is 0 Å². The standard InChI is InChI=1S/C15H21FN2O2.ClH/c1-9(12-7-17-8-12)15(19)18-10(2)11-4-5-14(20-3)13(16)6-11;/h4-6,9-10,12,17H,7-8H2,1-3H3,(H,18,19);1H. The smallest absolute Gasteiger partial charge is 0.223 e. The SMILES string of the molecule is COc1ccc(C(C)NC(=O)C(C)C2CNC2)cc1F.Cl. The molecular formula is C15H22ClFN2O2. The van der Waals surface area contributed by atoms with Crippen LogP contribution < -0.4 is 15.4 Å². The van der Waals surface area contributed by atoms with Crippen molar-refractivity contribution in [3.8, 4) is 5.75 Å². The minimum absolute atomic E-state index is 0. The highest BCUT2D eigenvalue weighted by atomic mass is 35.5. The number of halogens is 2. The molecule has 0 aliphatic carbocycles. The molecule has 1 aliphatic rings. The molecule has 118 valence electrons. The fraction of sp³-hybridized carbons (Fsp3) is 0.533. The zero-order valence-electron chi connectivity index (χ0n) is 12.5. The molecule has 2 N–H and O–H groups in total. The predicted octanol–water partition coefficient (Wildman–Crippen LogP) is 2.29. The molecule has 0 saturated carbocycles. The highest BCUT2D eigenvalue weighted by molar-refractivity contribution is 5.85. The van der Waals surface area contributed by atoms with E-state index in [1.54, 1.807) is 12.1 Å². The molecule has 1 saturated heterocycles. The normalized spacial score (nSPS) is 17.1. The molecule has 4 nitrogen and oxygen atoms in total. The number of hydrogen-bond donors (Lipinski definition) is 2. The quantitative estimate of drug-likeness (QED) is 0.876. The summed E-state index contributed by atoms with van der Waals surface area (Å²) in [5.74, 6) is 0.181. The van der Waals surface area contributed by atoms with Gasteiger partial charge in [-0.15, -0.1) is 12.4 Å². The van der Waals surface area contributed by atoms with Gasteiger partial charge in [0.2, 0.25) is 5.91 Å². The molecule has 1 fully saturated rings. The number of carbonyl (C=O) groups excluding carboxylic acids is 1. The topological polar surface area (TPSA) is 50.4 Å². The van der Waals surface area contributed by atoms with Crippen LogP contribution in [-0.2, 0) is 4.79 Å². The lowest BCUT2D eigenvalue weighted by molar-refractivity contribution is -0.127. The van der Waals surface area contributed by atoms with Crippen LogP contribution >= 0.6 is 12.4 Å². The summed E-state index contributed by atoms with van der Waals surface area (Å²) in [6, 6.07) is 4.52. The van der Waals surface area contributed by atoms with Gasteiger partial charge < -0.3 is 15.4 Å². The summed E-state index contributed by atoms with van der Waals surface area (Å²) in [5.41, 5.74) is 0.732. The molecule has 0 spiro atoms. The molecule has 1 aromatic carbocycles. The first-order valence-electron chi connectivity index (χ1n) is 6.87. The Bertz CT molecular complexity index is 495. The molecule has 1 aromatic rings. The minimum atomic E-state index is -0.414. The zero-order valence-corrected chi connectivity index (χ0v) is 13.3. The molecule has 0 bridgehead atoms. The number of methoxy groups -OCH3 is 1. The van der Waals surface area contributed by atoms with Crippen LogP contribution in [-0.4, -0.2) is 26.1 Å². The van der Waals surface area contributed by atoms with E-state index in [4.69, 9.17) is 4.74 Å². The summed E-state index contributed by atoms with van der Waals surface area (Å²) >= 11 is 0. The maximum atomic E-state index is 13.7. The Morgan fingerprint density at radius 2 is 2.10 bits per heavy atom. The first-order chi connectivity index (χ1) is 9.52. The molecule has 2 rings (SSSR count). The second kappa shape index (κ2) is 7.61. The van der Waals surface area contributed by atoms with Gasteiger partial charge >= 0.3 is 0 Å². The number of hydrogen-bond acceptors (Lipinski definition) is 3. The zero-order chi connectivity index (χ0) is 14.7. The average Bonchev–Trinajstić information content (AvgIpc) is 2.36. The Morgan fingerprint density at radius 1 is 1.43 bits per heavy atom. The monoisotopic (exact) mass is 316 g/mol. The summed E-state index contributed by atoms with van der Waals surface area (Å²) < 4.78 is 18.5. The lowest BCUT2D eigenvalue weighted by Crippen LogP contribution is -2.49. The summed E-state index contributed by atoms with van der Waals surface area (Å²) in [6.45, 7) is 5.56. The van der Waals surface area contributed by atoms with Crippen LogP contribution in [0.5, 0.6) is 5.75 Å². The van der Waals surface area contributed by atoms with E-state index in [0.29, 0.717) is 5.92 Å². The van der Waals surface area contributed by atoms with Gasteiger partial charge in [-0.05, 0) is 43.6 Å². The van der Waals surface area contributed by atoms with E-state index in [9.17, 15) is 9.18 Å². The van der Waals surface area contributed by atoms with Crippen molar-refractivity contribution >= 4 is 18.3 Å². The fourth-order valence-corrected chi connectivity index (χ4v) is 2.26. The van der Waals surface area contributed by atoms with Gasteiger partial charge in [-0.25, -0.2) is 4.39 Å². The van der Waals surface area contributed by atoms with Gasteiger partial charge in [-0.3, -0.25) is 4.79 Å². The second-order valence-electron chi connectivity index (χ2n) is 5.33. The molecule has 2 atom stereocenters. The lowest BCUT2D eigenvalue weighted by Gasteiger charge is -2.32. The van der Waals surface area contributed by atoms with E-state index in [-0.39, 0.29) is 36.0 Å². The number of amides is 1. The maximum Gasteiger partial charge on any atom is 0.223 e. The first kappa shape index (κ1) is 17.7. The van der Waals surface area contributed by atoms with Gasteiger partial charge in [-0.2, -0.15) is 0 Å².